The molecule has 0 aliphatic rings. The molecule has 3 aromatic rings. The SMILES string of the molecule is CCOC(=O)C(Sc1cc(C(C)(C)C)nc2c(-c3ccccc3)c(C)nn12)C(C)=O. The number of carbonyl (C=O) groups excluding carboxylic acids is 2. The van der Waals surface area contributed by atoms with E-state index in [0.717, 1.165) is 34.3 Å². The highest BCUT2D eigenvalue weighted by atomic mass is 32.2. The lowest BCUT2D eigenvalue weighted by Crippen LogP contribution is -2.27. The van der Waals surface area contributed by atoms with E-state index in [1.165, 1.54) is 6.92 Å². The maximum Gasteiger partial charge on any atom is 0.327 e. The van der Waals surface area contributed by atoms with E-state index in [-0.39, 0.29) is 17.8 Å². The van der Waals surface area contributed by atoms with Gasteiger partial charge in [-0.3, -0.25) is 9.59 Å². The molecule has 6 nitrogen and oxygen atoms in total. The molecule has 0 aliphatic carbocycles. The molecule has 0 N–H and O–H groups in total. The van der Waals surface area contributed by atoms with Crippen LogP contribution < -0.4 is 0 Å². The number of Topliss-reactive ketones (excluding diaryl/α,β-unsaturated/α-hetero) is 1. The van der Waals surface area contributed by atoms with Gasteiger partial charge in [-0.25, -0.2) is 9.50 Å². The molecule has 0 radical (unpaired) electrons. The third-order valence-corrected chi connectivity index (χ3v) is 5.96. The fourth-order valence-corrected chi connectivity index (χ4v) is 4.12. The number of thioether (sulfide) groups is 1. The van der Waals surface area contributed by atoms with Gasteiger partial charge < -0.3 is 4.74 Å². The minimum atomic E-state index is -0.951. The molecule has 2 heterocycles. The van der Waals surface area contributed by atoms with E-state index in [1.807, 2.05) is 43.3 Å². The molecule has 0 spiro atoms. The van der Waals surface area contributed by atoms with E-state index in [2.05, 4.69) is 20.8 Å². The van der Waals surface area contributed by atoms with Crippen LogP contribution in [-0.2, 0) is 19.7 Å². The van der Waals surface area contributed by atoms with E-state index in [0.29, 0.717) is 10.7 Å². The molecule has 0 bridgehead atoms. The van der Waals surface area contributed by atoms with E-state index >= 15 is 0 Å². The van der Waals surface area contributed by atoms with E-state index < -0.39 is 11.2 Å². The van der Waals surface area contributed by atoms with Crippen molar-refractivity contribution in [2.45, 2.75) is 57.2 Å². The number of hydrogen-bond acceptors (Lipinski definition) is 6. The van der Waals surface area contributed by atoms with Gasteiger partial charge in [0.2, 0.25) is 0 Å². The first kappa shape index (κ1) is 22.0. The summed E-state index contributed by atoms with van der Waals surface area (Å²) in [6.07, 6.45) is 0. The predicted molar refractivity (Wildman–Crippen MR) is 119 cm³/mol. The van der Waals surface area contributed by atoms with Crippen LogP contribution in [0, 0.1) is 6.92 Å². The van der Waals surface area contributed by atoms with Crippen molar-refractivity contribution >= 4 is 29.2 Å². The normalized spacial score (nSPS) is 12.7. The lowest BCUT2D eigenvalue weighted by atomic mass is 9.92. The summed E-state index contributed by atoms with van der Waals surface area (Å²) in [5.41, 5.74) is 4.14. The number of ketones is 1. The largest absolute Gasteiger partial charge is 0.465 e. The molecular formula is C23H27N3O3S. The lowest BCUT2D eigenvalue weighted by molar-refractivity contribution is -0.144. The van der Waals surface area contributed by atoms with Crippen molar-refractivity contribution < 1.29 is 14.3 Å². The first-order valence-electron chi connectivity index (χ1n) is 9.93. The average molecular weight is 426 g/mol. The van der Waals surface area contributed by atoms with Crippen LogP contribution >= 0.6 is 11.8 Å². The summed E-state index contributed by atoms with van der Waals surface area (Å²) in [6.45, 7) is 11.5. The number of fused-ring (bicyclic) bond motifs is 1. The summed E-state index contributed by atoms with van der Waals surface area (Å²) in [7, 11) is 0. The van der Waals surface area contributed by atoms with Crippen molar-refractivity contribution in [2.24, 2.45) is 0 Å². The van der Waals surface area contributed by atoms with Crippen molar-refractivity contribution in [3.8, 4) is 11.1 Å². The second-order valence-electron chi connectivity index (χ2n) is 8.15. The summed E-state index contributed by atoms with van der Waals surface area (Å²) >= 11 is 1.16. The van der Waals surface area contributed by atoms with Crippen LogP contribution in [0.25, 0.3) is 16.8 Å². The number of nitrogens with zero attached hydrogens (tertiary/aromatic N) is 3. The fourth-order valence-electron chi connectivity index (χ4n) is 3.14. The minimum Gasteiger partial charge on any atom is -0.465 e. The highest BCUT2D eigenvalue weighted by Gasteiger charge is 2.29. The zero-order valence-corrected chi connectivity index (χ0v) is 19.0. The molecule has 158 valence electrons. The number of hydrogen-bond donors (Lipinski definition) is 0. The smallest absolute Gasteiger partial charge is 0.327 e. The number of rotatable bonds is 6. The highest BCUT2D eigenvalue weighted by Crippen LogP contribution is 2.34. The minimum absolute atomic E-state index is 0.223. The highest BCUT2D eigenvalue weighted by molar-refractivity contribution is 8.01. The van der Waals surface area contributed by atoms with Gasteiger partial charge in [-0.05, 0) is 32.4 Å². The van der Waals surface area contributed by atoms with Crippen LogP contribution in [0.2, 0.25) is 0 Å². The average Bonchev–Trinajstić information content (AvgIpc) is 3.01. The van der Waals surface area contributed by atoms with Gasteiger partial charge in [0.15, 0.2) is 16.7 Å². The number of benzene rings is 1. The molecule has 0 saturated carbocycles. The molecule has 0 fully saturated rings. The van der Waals surface area contributed by atoms with Gasteiger partial charge in [0.05, 0.1) is 18.0 Å². The third-order valence-electron chi connectivity index (χ3n) is 4.67. The summed E-state index contributed by atoms with van der Waals surface area (Å²) in [5, 5.41) is 4.43. The molecule has 0 saturated heterocycles. The van der Waals surface area contributed by atoms with Crippen LogP contribution in [0.3, 0.4) is 0 Å². The van der Waals surface area contributed by atoms with Gasteiger partial charge in [0, 0.05) is 11.0 Å². The molecule has 0 aliphatic heterocycles. The molecule has 1 aromatic carbocycles. The number of aryl methyl sites for hydroxylation is 1. The van der Waals surface area contributed by atoms with Gasteiger partial charge in [-0.15, -0.1) is 0 Å². The summed E-state index contributed by atoms with van der Waals surface area (Å²) in [5.74, 6) is -0.794. The molecule has 1 unspecified atom stereocenters. The summed E-state index contributed by atoms with van der Waals surface area (Å²) in [4.78, 5) is 29.5. The summed E-state index contributed by atoms with van der Waals surface area (Å²) < 4.78 is 6.85. The number of esters is 1. The van der Waals surface area contributed by atoms with E-state index in [9.17, 15) is 9.59 Å². The molecule has 7 heteroatoms. The number of ether oxygens (including phenoxy) is 1. The predicted octanol–water partition coefficient (Wildman–Crippen LogP) is 4.62. The van der Waals surface area contributed by atoms with Crippen molar-refractivity contribution in [2.75, 3.05) is 6.61 Å². The van der Waals surface area contributed by atoms with E-state index in [4.69, 9.17) is 14.8 Å². The van der Waals surface area contributed by atoms with Crippen molar-refractivity contribution in [1.82, 2.24) is 14.6 Å². The zero-order chi connectivity index (χ0) is 22.1. The number of aromatic nitrogens is 3. The molecular weight excluding hydrogens is 398 g/mol. The second-order valence-corrected chi connectivity index (χ2v) is 9.28. The van der Waals surface area contributed by atoms with Crippen molar-refractivity contribution in [3.05, 3.63) is 47.8 Å². The van der Waals surface area contributed by atoms with Crippen LogP contribution in [0.5, 0.6) is 0 Å². The molecule has 1 atom stereocenters. The van der Waals surface area contributed by atoms with Gasteiger partial charge >= 0.3 is 5.97 Å². The monoisotopic (exact) mass is 425 g/mol. The Morgan fingerprint density at radius 2 is 1.87 bits per heavy atom. The molecule has 2 aromatic heterocycles. The van der Waals surface area contributed by atoms with Crippen LogP contribution in [0.15, 0.2) is 41.4 Å². The fraction of sp³-hybridized carbons (Fsp3) is 0.391. The van der Waals surface area contributed by atoms with Crippen LogP contribution in [0.4, 0.5) is 0 Å². The molecule has 3 rings (SSSR count). The van der Waals surface area contributed by atoms with Gasteiger partial charge in [0.1, 0.15) is 5.03 Å². The standard InChI is InChI=1S/C23H27N3O3S/c1-7-29-22(28)20(15(3)27)30-18-13-17(23(4,5)6)24-21-19(14(2)25-26(18)21)16-11-9-8-10-12-16/h8-13,20H,7H2,1-6H3. The van der Waals surface area contributed by atoms with Crippen LogP contribution in [0.1, 0.15) is 46.0 Å². The third kappa shape index (κ3) is 4.41. The van der Waals surface area contributed by atoms with Crippen molar-refractivity contribution in [1.29, 1.82) is 0 Å². The van der Waals surface area contributed by atoms with E-state index in [1.54, 1.807) is 11.4 Å². The quantitative estimate of drug-likeness (QED) is 0.248. The van der Waals surface area contributed by atoms with Gasteiger partial charge in [-0.2, -0.15) is 5.10 Å². The van der Waals surface area contributed by atoms with Crippen LogP contribution in [-0.4, -0.2) is 38.2 Å². The Labute approximate surface area is 181 Å². The zero-order valence-electron chi connectivity index (χ0n) is 18.2. The lowest BCUT2D eigenvalue weighted by Gasteiger charge is -2.20. The Bertz CT molecular complexity index is 1080. The van der Waals surface area contributed by atoms with Gasteiger partial charge in [-0.1, -0.05) is 62.9 Å². The number of carbonyl (C=O) groups is 2. The Kier molecular flexibility index (Phi) is 6.31. The molecule has 30 heavy (non-hydrogen) atoms. The van der Waals surface area contributed by atoms with Crippen molar-refractivity contribution in [3.63, 3.8) is 0 Å². The second kappa shape index (κ2) is 8.60. The Hall–Kier alpha value is -2.67. The molecule has 0 amide bonds. The maximum absolute atomic E-state index is 12.4. The first-order valence-corrected chi connectivity index (χ1v) is 10.8. The Morgan fingerprint density at radius 3 is 2.43 bits per heavy atom. The Morgan fingerprint density at radius 1 is 1.20 bits per heavy atom. The topological polar surface area (TPSA) is 73.6 Å². The maximum atomic E-state index is 12.4. The Balaban J connectivity index is 2.23. The van der Waals surface area contributed by atoms with Gasteiger partial charge in [0.25, 0.3) is 0 Å². The summed E-state index contributed by atoms with van der Waals surface area (Å²) in [6, 6.07) is 11.9. The first-order chi connectivity index (χ1) is 14.1.